The molecule has 0 saturated heterocycles. The standard InChI is InChI=1S/C17H14ClIN2OS/c1-2-9-21-14-8-7-11(18)10-15(14)23-17(21)20-16(22)12-5-3-4-6-13(12)19/h3-8,10H,2,9H2,1H3. The lowest BCUT2D eigenvalue weighted by atomic mass is 10.2. The summed E-state index contributed by atoms with van der Waals surface area (Å²) in [6, 6.07) is 13.3. The summed E-state index contributed by atoms with van der Waals surface area (Å²) in [5.74, 6) is -0.211. The Morgan fingerprint density at radius 1 is 1.30 bits per heavy atom. The van der Waals surface area contributed by atoms with Gasteiger partial charge in [0.2, 0.25) is 0 Å². The Morgan fingerprint density at radius 3 is 2.83 bits per heavy atom. The summed E-state index contributed by atoms with van der Waals surface area (Å²) in [5.41, 5.74) is 1.70. The van der Waals surface area contributed by atoms with Crippen LogP contribution in [0.15, 0.2) is 47.5 Å². The molecule has 0 aliphatic heterocycles. The lowest BCUT2D eigenvalue weighted by Crippen LogP contribution is -2.17. The number of fused-ring (bicyclic) bond motifs is 1. The molecule has 1 heterocycles. The molecule has 3 aromatic rings. The summed E-state index contributed by atoms with van der Waals surface area (Å²) in [4.78, 5) is 17.6. The van der Waals surface area contributed by atoms with Gasteiger partial charge in [-0.25, -0.2) is 0 Å². The van der Waals surface area contributed by atoms with Crippen molar-refractivity contribution in [3.63, 3.8) is 0 Å². The van der Waals surface area contributed by atoms with Crippen molar-refractivity contribution in [2.75, 3.05) is 0 Å². The van der Waals surface area contributed by atoms with E-state index in [1.54, 1.807) is 0 Å². The van der Waals surface area contributed by atoms with Crippen molar-refractivity contribution in [2.24, 2.45) is 4.99 Å². The van der Waals surface area contributed by atoms with Crippen LogP contribution in [0.2, 0.25) is 5.02 Å². The van der Waals surface area contributed by atoms with Crippen LogP contribution < -0.4 is 4.80 Å². The summed E-state index contributed by atoms with van der Waals surface area (Å²) < 4.78 is 4.04. The number of hydrogen-bond donors (Lipinski definition) is 0. The zero-order chi connectivity index (χ0) is 16.4. The van der Waals surface area contributed by atoms with Gasteiger partial charge in [-0.05, 0) is 59.3 Å². The van der Waals surface area contributed by atoms with Gasteiger partial charge in [-0.15, -0.1) is 0 Å². The van der Waals surface area contributed by atoms with Crippen LogP contribution >= 0.6 is 45.5 Å². The normalized spacial score (nSPS) is 12.0. The Kier molecular flexibility index (Phi) is 5.18. The highest BCUT2D eigenvalue weighted by Gasteiger charge is 2.11. The molecule has 0 aliphatic rings. The van der Waals surface area contributed by atoms with Gasteiger partial charge >= 0.3 is 0 Å². The molecule has 0 radical (unpaired) electrons. The summed E-state index contributed by atoms with van der Waals surface area (Å²) in [6.07, 6.45) is 0.971. The van der Waals surface area contributed by atoms with E-state index >= 15 is 0 Å². The van der Waals surface area contributed by atoms with Crippen molar-refractivity contribution in [3.05, 3.63) is 61.4 Å². The summed E-state index contributed by atoms with van der Waals surface area (Å²) in [5, 5.41) is 0.692. The quantitative estimate of drug-likeness (QED) is 0.504. The molecule has 0 aliphatic carbocycles. The van der Waals surface area contributed by atoms with Crippen molar-refractivity contribution < 1.29 is 4.79 Å². The maximum Gasteiger partial charge on any atom is 0.280 e. The molecule has 6 heteroatoms. The van der Waals surface area contributed by atoms with Crippen LogP contribution in [0.25, 0.3) is 10.2 Å². The van der Waals surface area contributed by atoms with E-state index in [0.29, 0.717) is 15.4 Å². The zero-order valence-electron chi connectivity index (χ0n) is 12.4. The second-order valence-electron chi connectivity index (χ2n) is 5.05. The van der Waals surface area contributed by atoms with Crippen molar-refractivity contribution in [1.29, 1.82) is 0 Å². The second kappa shape index (κ2) is 7.15. The summed E-state index contributed by atoms with van der Waals surface area (Å²) in [7, 11) is 0. The average Bonchev–Trinajstić information content (AvgIpc) is 2.84. The van der Waals surface area contributed by atoms with E-state index in [1.165, 1.54) is 11.3 Å². The van der Waals surface area contributed by atoms with Crippen LogP contribution in [-0.2, 0) is 6.54 Å². The van der Waals surface area contributed by atoms with Gasteiger partial charge in [0.25, 0.3) is 5.91 Å². The topological polar surface area (TPSA) is 34.4 Å². The first-order valence-corrected chi connectivity index (χ1v) is 9.50. The Balaban J connectivity index is 2.16. The van der Waals surface area contributed by atoms with Crippen molar-refractivity contribution >= 4 is 61.7 Å². The molecule has 118 valence electrons. The largest absolute Gasteiger partial charge is 0.316 e. The number of carbonyl (C=O) groups excluding carboxylic acids is 1. The fourth-order valence-electron chi connectivity index (χ4n) is 2.35. The molecule has 1 amide bonds. The fraction of sp³-hybridized carbons (Fsp3) is 0.176. The maximum atomic E-state index is 12.5. The Morgan fingerprint density at radius 2 is 2.09 bits per heavy atom. The number of nitrogens with zero attached hydrogens (tertiary/aromatic N) is 2. The highest BCUT2D eigenvalue weighted by atomic mass is 127. The van der Waals surface area contributed by atoms with Crippen LogP contribution in [0.5, 0.6) is 0 Å². The Labute approximate surface area is 156 Å². The van der Waals surface area contributed by atoms with Crippen LogP contribution in [-0.4, -0.2) is 10.5 Å². The molecule has 0 N–H and O–H groups in total. The third kappa shape index (κ3) is 3.51. The van der Waals surface area contributed by atoms with Crippen LogP contribution in [0.3, 0.4) is 0 Å². The van der Waals surface area contributed by atoms with Crippen molar-refractivity contribution in [3.8, 4) is 0 Å². The predicted octanol–water partition coefficient (Wildman–Crippen LogP) is 5.11. The molecule has 1 aromatic heterocycles. The van der Waals surface area contributed by atoms with Crippen LogP contribution in [0.1, 0.15) is 23.7 Å². The lowest BCUT2D eigenvalue weighted by molar-refractivity contribution is 0.0997. The fourth-order valence-corrected chi connectivity index (χ4v) is 4.30. The molecule has 0 bridgehead atoms. The lowest BCUT2D eigenvalue weighted by Gasteiger charge is -2.03. The van der Waals surface area contributed by atoms with E-state index in [1.807, 2.05) is 42.5 Å². The summed E-state index contributed by atoms with van der Waals surface area (Å²) >= 11 is 9.73. The molecule has 0 fully saturated rings. The van der Waals surface area contributed by atoms with Gasteiger partial charge in [0.15, 0.2) is 4.80 Å². The van der Waals surface area contributed by atoms with Crippen molar-refractivity contribution in [2.45, 2.75) is 19.9 Å². The van der Waals surface area contributed by atoms with E-state index in [4.69, 9.17) is 11.6 Å². The molecular weight excluding hydrogens is 443 g/mol. The number of benzene rings is 2. The van der Waals surface area contributed by atoms with Gasteiger partial charge in [0.1, 0.15) is 0 Å². The minimum absolute atomic E-state index is 0.211. The zero-order valence-corrected chi connectivity index (χ0v) is 16.2. The second-order valence-corrected chi connectivity index (χ2v) is 7.65. The van der Waals surface area contributed by atoms with E-state index in [2.05, 4.69) is 39.1 Å². The van der Waals surface area contributed by atoms with E-state index < -0.39 is 0 Å². The number of aromatic nitrogens is 1. The Hall–Kier alpha value is -1.18. The van der Waals surface area contributed by atoms with Gasteiger partial charge in [0, 0.05) is 15.1 Å². The molecule has 0 spiro atoms. The monoisotopic (exact) mass is 456 g/mol. The van der Waals surface area contributed by atoms with Crippen LogP contribution in [0, 0.1) is 3.57 Å². The van der Waals surface area contributed by atoms with Crippen LogP contribution in [0.4, 0.5) is 0 Å². The minimum atomic E-state index is -0.211. The summed E-state index contributed by atoms with van der Waals surface area (Å²) in [6.45, 7) is 2.93. The Bertz CT molecular complexity index is 945. The SMILES string of the molecule is CCCn1c(=NC(=O)c2ccccc2I)sc2cc(Cl)ccc21. The molecule has 3 rings (SSSR count). The smallest absolute Gasteiger partial charge is 0.280 e. The number of hydrogen-bond acceptors (Lipinski definition) is 2. The third-order valence-electron chi connectivity index (χ3n) is 3.39. The van der Waals surface area contributed by atoms with Gasteiger partial charge < -0.3 is 4.57 Å². The predicted molar refractivity (Wildman–Crippen MR) is 104 cm³/mol. The van der Waals surface area contributed by atoms with Gasteiger partial charge in [-0.1, -0.05) is 42.0 Å². The molecule has 3 nitrogen and oxygen atoms in total. The van der Waals surface area contributed by atoms with Gasteiger partial charge in [-0.3, -0.25) is 4.79 Å². The molecular formula is C17H14ClIN2OS. The molecule has 0 atom stereocenters. The van der Waals surface area contributed by atoms with Gasteiger partial charge in [0.05, 0.1) is 15.8 Å². The van der Waals surface area contributed by atoms with E-state index in [9.17, 15) is 4.79 Å². The van der Waals surface area contributed by atoms with Crippen molar-refractivity contribution in [1.82, 2.24) is 4.57 Å². The minimum Gasteiger partial charge on any atom is -0.316 e. The number of thiazole rings is 1. The first-order valence-electron chi connectivity index (χ1n) is 7.22. The first kappa shape index (κ1) is 16.7. The number of amides is 1. The highest BCUT2D eigenvalue weighted by molar-refractivity contribution is 14.1. The molecule has 2 aromatic carbocycles. The van der Waals surface area contributed by atoms with E-state index in [-0.39, 0.29) is 5.91 Å². The van der Waals surface area contributed by atoms with Gasteiger partial charge in [-0.2, -0.15) is 4.99 Å². The maximum absolute atomic E-state index is 12.5. The number of carbonyl (C=O) groups is 1. The molecule has 0 unspecified atom stereocenters. The average molecular weight is 457 g/mol. The number of aryl methyl sites for hydroxylation is 1. The third-order valence-corrected chi connectivity index (χ3v) is 5.61. The number of rotatable bonds is 3. The molecule has 0 saturated carbocycles. The highest BCUT2D eigenvalue weighted by Crippen LogP contribution is 2.22. The van der Waals surface area contributed by atoms with E-state index in [0.717, 1.165) is 26.8 Å². The first-order chi connectivity index (χ1) is 11.1. The molecule has 23 heavy (non-hydrogen) atoms. The number of halogens is 2.